The first-order chi connectivity index (χ1) is 12.1. The summed E-state index contributed by atoms with van der Waals surface area (Å²) in [5.41, 5.74) is 2.56. The zero-order valence-corrected chi connectivity index (χ0v) is 13.9. The largest absolute Gasteiger partial charge is 0.481 e. The van der Waals surface area contributed by atoms with Crippen molar-refractivity contribution >= 4 is 27.7 Å². The zero-order chi connectivity index (χ0) is 17.4. The summed E-state index contributed by atoms with van der Waals surface area (Å²) in [4.78, 5) is 20.6. The molecule has 0 radical (unpaired) electrons. The molecular weight excluding hydrogens is 344 g/mol. The Morgan fingerprint density at radius 2 is 2.12 bits per heavy atom. The highest BCUT2D eigenvalue weighted by molar-refractivity contribution is 7.18. The number of nitrogens with zero attached hydrogens (tertiary/aromatic N) is 6. The molecule has 126 valence electrons. The van der Waals surface area contributed by atoms with Crippen LogP contribution in [0.2, 0.25) is 0 Å². The van der Waals surface area contributed by atoms with Crippen LogP contribution < -0.4 is 0 Å². The number of rotatable bonds is 5. The third kappa shape index (κ3) is 3.24. The van der Waals surface area contributed by atoms with Crippen LogP contribution in [0.1, 0.15) is 16.8 Å². The first-order valence-electron chi connectivity index (χ1n) is 7.35. The number of fused-ring (bicyclic) bond motifs is 1. The summed E-state index contributed by atoms with van der Waals surface area (Å²) in [5, 5.41) is 21.2. The smallest absolute Gasteiger partial charge is 0.312 e. The molecule has 0 saturated heterocycles. The van der Waals surface area contributed by atoms with Gasteiger partial charge >= 0.3 is 5.97 Å². The quantitative estimate of drug-likeness (QED) is 0.573. The van der Waals surface area contributed by atoms with Crippen LogP contribution in [0.4, 0.5) is 0 Å². The Bertz CT molecular complexity index is 1070. The van der Waals surface area contributed by atoms with E-state index in [9.17, 15) is 4.79 Å². The summed E-state index contributed by atoms with van der Waals surface area (Å²) in [5.74, 6) is -0.592. The summed E-state index contributed by atoms with van der Waals surface area (Å²) in [6, 6.07) is 3.81. The van der Waals surface area contributed by atoms with Gasteiger partial charge in [-0.25, -0.2) is 9.97 Å². The van der Waals surface area contributed by atoms with Crippen LogP contribution in [-0.2, 0) is 24.7 Å². The Kier molecular flexibility index (Phi) is 3.73. The van der Waals surface area contributed by atoms with Crippen molar-refractivity contribution in [2.75, 3.05) is 0 Å². The van der Waals surface area contributed by atoms with Crippen LogP contribution in [-0.4, -0.2) is 41.0 Å². The highest BCUT2D eigenvalue weighted by Gasteiger charge is 2.14. The van der Waals surface area contributed by atoms with Crippen LogP contribution in [0, 0.1) is 0 Å². The van der Waals surface area contributed by atoms with Crippen molar-refractivity contribution in [3.05, 3.63) is 41.3 Å². The predicted molar refractivity (Wildman–Crippen MR) is 88.1 cm³/mol. The van der Waals surface area contributed by atoms with E-state index in [1.807, 2.05) is 25.4 Å². The minimum Gasteiger partial charge on any atom is -0.481 e. The number of carbonyl (C=O) groups is 1. The van der Waals surface area contributed by atoms with Gasteiger partial charge in [-0.05, 0) is 12.1 Å². The number of hydrogen-bond acceptors (Lipinski definition) is 8. The second-order valence-electron chi connectivity index (χ2n) is 5.37. The van der Waals surface area contributed by atoms with Crippen molar-refractivity contribution in [2.24, 2.45) is 7.05 Å². The van der Waals surface area contributed by atoms with Crippen molar-refractivity contribution in [1.29, 1.82) is 0 Å². The van der Waals surface area contributed by atoms with Crippen LogP contribution in [0.5, 0.6) is 0 Å². The van der Waals surface area contributed by atoms with Gasteiger partial charge in [0.25, 0.3) is 0 Å². The van der Waals surface area contributed by atoms with Gasteiger partial charge in [-0.2, -0.15) is 5.10 Å². The van der Waals surface area contributed by atoms with Crippen LogP contribution in [0.25, 0.3) is 21.6 Å². The van der Waals surface area contributed by atoms with E-state index in [0.717, 1.165) is 26.6 Å². The van der Waals surface area contributed by atoms with Gasteiger partial charge in [0.05, 0.1) is 18.3 Å². The molecule has 0 aliphatic rings. The van der Waals surface area contributed by atoms with E-state index in [1.165, 1.54) is 11.3 Å². The number of pyridine rings is 1. The number of aliphatic carboxylic acids is 1. The van der Waals surface area contributed by atoms with Crippen molar-refractivity contribution < 1.29 is 14.3 Å². The molecule has 4 rings (SSSR count). The monoisotopic (exact) mass is 356 g/mol. The van der Waals surface area contributed by atoms with E-state index in [-0.39, 0.29) is 12.3 Å². The highest BCUT2D eigenvalue weighted by Crippen LogP contribution is 2.25. The fraction of sp³-hybridized carbons (Fsp3) is 0.200. The normalized spacial score (nSPS) is 11.2. The number of carboxylic acid groups (broad SMARTS) is 1. The molecule has 0 spiro atoms. The Balaban J connectivity index is 1.58. The van der Waals surface area contributed by atoms with E-state index in [1.54, 1.807) is 10.9 Å². The first-order valence-corrected chi connectivity index (χ1v) is 8.17. The maximum absolute atomic E-state index is 10.7. The molecule has 4 heterocycles. The Morgan fingerprint density at radius 1 is 1.28 bits per heavy atom. The molecule has 4 aromatic heterocycles. The Morgan fingerprint density at radius 3 is 2.88 bits per heavy atom. The van der Waals surface area contributed by atoms with Gasteiger partial charge in [-0.1, -0.05) is 11.3 Å². The molecule has 0 saturated carbocycles. The molecule has 4 aromatic rings. The number of aromatic nitrogens is 6. The number of aryl methyl sites for hydroxylation is 1. The maximum atomic E-state index is 10.7. The third-order valence-electron chi connectivity index (χ3n) is 3.41. The minimum absolute atomic E-state index is 0.0839. The Hall–Kier alpha value is -3.14. The number of thiazole rings is 1. The van der Waals surface area contributed by atoms with E-state index in [4.69, 9.17) is 9.52 Å². The van der Waals surface area contributed by atoms with E-state index < -0.39 is 5.97 Å². The third-order valence-corrected chi connectivity index (χ3v) is 4.38. The van der Waals surface area contributed by atoms with Gasteiger partial charge in [0, 0.05) is 18.8 Å². The van der Waals surface area contributed by atoms with Crippen LogP contribution in [0.3, 0.4) is 0 Å². The van der Waals surface area contributed by atoms with Gasteiger partial charge in [0.15, 0.2) is 0 Å². The molecule has 0 atom stereocenters. The molecule has 0 aliphatic heterocycles. The van der Waals surface area contributed by atoms with Gasteiger partial charge in [0.1, 0.15) is 21.8 Å². The topological polar surface area (TPSA) is 120 Å². The van der Waals surface area contributed by atoms with Crippen molar-refractivity contribution in [3.8, 4) is 11.3 Å². The fourth-order valence-corrected chi connectivity index (χ4v) is 3.27. The van der Waals surface area contributed by atoms with E-state index in [2.05, 4.69) is 25.3 Å². The average Bonchev–Trinajstić information content (AvgIpc) is 3.26. The molecule has 0 amide bonds. The lowest BCUT2D eigenvalue weighted by Crippen LogP contribution is -1.99. The number of hydrogen-bond donors (Lipinski definition) is 1. The SMILES string of the molecule is Cn1cc(-c2ccc3nc(Cc4nnc(CC(=O)O)o4)sc3n2)cn1. The molecule has 0 aliphatic carbocycles. The molecule has 0 aromatic carbocycles. The lowest BCUT2D eigenvalue weighted by molar-refractivity contribution is -0.136. The molecule has 1 N–H and O–H groups in total. The zero-order valence-electron chi connectivity index (χ0n) is 13.1. The van der Waals surface area contributed by atoms with E-state index in [0.29, 0.717) is 12.3 Å². The molecule has 0 unspecified atom stereocenters. The molecule has 9 nitrogen and oxygen atoms in total. The minimum atomic E-state index is -1.01. The van der Waals surface area contributed by atoms with Gasteiger partial charge in [-0.3, -0.25) is 9.48 Å². The number of carboxylic acids is 1. The van der Waals surface area contributed by atoms with Crippen molar-refractivity contribution in [1.82, 2.24) is 29.9 Å². The van der Waals surface area contributed by atoms with Crippen LogP contribution in [0.15, 0.2) is 28.9 Å². The molecule has 25 heavy (non-hydrogen) atoms. The van der Waals surface area contributed by atoms with Crippen molar-refractivity contribution in [2.45, 2.75) is 12.8 Å². The summed E-state index contributed by atoms with van der Waals surface area (Å²) in [7, 11) is 1.86. The fourth-order valence-electron chi connectivity index (χ4n) is 2.34. The van der Waals surface area contributed by atoms with Gasteiger partial charge < -0.3 is 9.52 Å². The predicted octanol–water partition coefficient (Wildman–Crippen LogP) is 1.69. The summed E-state index contributed by atoms with van der Waals surface area (Å²) >= 11 is 1.44. The standard InChI is InChI=1S/C15H12N6O3S/c1-21-7-8(6-16-21)9-2-3-10-15(18-9)25-13(17-10)4-11-19-20-12(24-11)5-14(22)23/h2-3,6-7H,4-5H2,1H3,(H,22,23). The molecule has 0 bridgehead atoms. The summed E-state index contributed by atoms with van der Waals surface area (Å²) < 4.78 is 7.05. The second-order valence-corrected chi connectivity index (χ2v) is 6.43. The van der Waals surface area contributed by atoms with Crippen molar-refractivity contribution in [3.63, 3.8) is 0 Å². The lowest BCUT2D eigenvalue weighted by atomic mass is 10.2. The summed E-state index contributed by atoms with van der Waals surface area (Å²) in [6.07, 6.45) is 3.72. The second kappa shape index (κ2) is 6.06. The highest BCUT2D eigenvalue weighted by atomic mass is 32.1. The lowest BCUT2D eigenvalue weighted by Gasteiger charge is -1.94. The first kappa shape index (κ1) is 15.4. The molecule has 0 fully saturated rings. The maximum Gasteiger partial charge on any atom is 0.312 e. The van der Waals surface area contributed by atoms with Crippen LogP contribution >= 0.6 is 11.3 Å². The summed E-state index contributed by atoms with van der Waals surface area (Å²) in [6.45, 7) is 0. The van der Waals surface area contributed by atoms with E-state index >= 15 is 0 Å². The van der Waals surface area contributed by atoms with Gasteiger partial charge in [-0.15, -0.1) is 10.2 Å². The molecule has 10 heteroatoms. The van der Waals surface area contributed by atoms with Gasteiger partial charge in [0.2, 0.25) is 11.8 Å². The average molecular weight is 356 g/mol. The molecular formula is C15H12N6O3S. The Labute approximate surface area is 145 Å².